The van der Waals surface area contributed by atoms with Gasteiger partial charge in [0.25, 0.3) is 5.91 Å². The van der Waals surface area contributed by atoms with E-state index in [1.54, 1.807) is 17.9 Å². The molecular weight excluding hydrogens is 244 g/mol. The lowest BCUT2D eigenvalue weighted by Gasteiger charge is -2.19. The molecule has 0 aromatic heterocycles. The van der Waals surface area contributed by atoms with Crippen LogP contribution in [0.3, 0.4) is 0 Å². The number of benzene rings is 1. The normalized spacial score (nSPS) is 22.6. The Bertz CT molecular complexity index is 460. The van der Waals surface area contributed by atoms with E-state index >= 15 is 0 Å². The summed E-state index contributed by atoms with van der Waals surface area (Å²) in [5.41, 5.74) is 5.71. The molecule has 1 atom stereocenters. The molecule has 0 spiro atoms. The molecule has 1 unspecified atom stereocenters. The van der Waals surface area contributed by atoms with Gasteiger partial charge in [-0.15, -0.1) is 0 Å². The van der Waals surface area contributed by atoms with E-state index in [0.29, 0.717) is 31.8 Å². The second kappa shape index (κ2) is 5.59. The molecule has 2 rings (SSSR count). The first kappa shape index (κ1) is 13.8. The minimum absolute atomic E-state index is 0.0207. The summed E-state index contributed by atoms with van der Waals surface area (Å²) in [5.74, 6) is 0.536. The molecule has 1 amide bonds. The number of rotatable bonds is 4. The van der Waals surface area contributed by atoms with Crippen molar-refractivity contribution in [3.63, 3.8) is 0 Å². The van der Waals surface area contributed by atoms with Gasteiger partial charge in [0.1, 0.15) is 5.75 Å². The van der Waals surface area contributed by atoms with Crippen molar-refractivity contribution in [1.82, 2.24) is 4.90 Å². The molecule has 19 heavy (non-hydrogen) atoms. The van der Waals surface area contributed by atoms with Crippen LogP contribution in [-0.4, -0.2) is 41.2 Å². The third kappa shape index (κ3) is 3.45. The predicted molar refractivity (Wildman–Crippen MR) is 71.6 cm³/mol. The van der Waals surface area contributed by atoms with E-state index in [0.717, 1.165) is 5.56 Å². The molecule has 1 aliphatic rings. The molecule has 0 saturated carbocycles. The number of ether oxygens (including phenoxy) is 1. The number of carbonyl (C=O) groups is 1. The van der Waals surface area contributed by atoms with Crippen molar-refractivity contribution in [2.24, 2.45) is 5.73 Å². The first-order valence-corrected chi connectivity index (χ1v) is 6.43. The van der Waals surface area contributed by atoms with Gasteiger partial charge in [-0.25, -0.2) is 0 Å². The molecule has 0 radical (unpaired) electrons. The molecule has 1 aromatic rings. The van der Waals surface area contributed by atoms with E-state index in [1.807, 2.05) is 18.2 Å². The Hall–Kier alpha value is -1.59. The topological polar surface area (TPSA) is 75.8 Å². The molecule has 1 heterocycles. The third-order valence-electron chi connectivity index (χ3n) is 3.35. The molecule has 104 valence electrons. The van der Waals surface area contributed by atoms with Gasteiger partial charge in [0, 0.05) is 25.2 Å². The van der Waals surface area contributed by atoms with Gasteiger partial charge in [-0.1, -0.05) is 18.2 Å². The van der Waals surface area contributed by atoms with Gasteiger partial charge in [0.05, 0.1) is 5.60 Å². The average molecular weight is 264 g/mol. The number of β-amino-alcohol motifs (C(OH)–C–C–N with tert-alkyl or cyclic N) is 1. The first-order chi connectivity index (χ1) is 9.02. The van der Waals surface area contributed by atoms with Gasteiger partial charge >= 0.3 is 0 Å². The summed E-state index contributed by atoms with van der Waals surface area (Å²) in [5, 5.41) is 9.83. The molecule has 3 N–H and O–H groups in total. The maximum absolute atomic E-state index is 12.0. The van der Waals surface area contributed by atoms with Gasteiger partial charge in [-0.05, 0) is 19.4 Å². The van der Waals surface area contributed by atoms with E-state index < -0.39 is 5.60 Å². The Labute approximate surface area is 113 Å². The quantitative estimate of drug-likeness (QED) is 0.830. The van der Waals surface area contributed by atoms with Crippen LogP contribution in [-0.2, 0) is 11.3 Å². The number of likely N-dealkylation sites (tertiary alicyclic amines) is 1. The molecule has 0 aliphatic carbocycles. The summed E-state index contributed by atoms with van der Waals surface area (Å²) in [4.78, 5) is 13.6. The average Bonchev–Trinajstić information content (AvgIpc) is 2.76. The van der Waals surface area contributed by atoms with Gasteiger partial charge in [0.2, 0.25) is 0 Å². The minimum atomic E-state index is -0.773. The third-order valence-corrected chi connectivity index (χ3v) is 3.35. The van der Waals surface area contributed by atoms with Crippen LogP contribution in [0.5, 0.6) is 5.75 Å². The highest BCUT2D eigenvalue weighted by molar-refractivity contribution is 5.78. The van der Waals surface area contributed by atoms with Crippen LogP contribution in [0.2, 0.25) is 0 Å². The number of hydrogen-bond donors (Lipinski definition) is 2. The number of amides is 1. The first-order valence-electron chi connectivity index (χ1n) is 6.43. The fourth-order valence-corrected chi connectivity index (χ4v) is 2.20. The Balaban J connectivity index is 1.90. The fraction of sp³-hybridized carbons (Fsp3) is 0.500. The Morgan fingerprint density at radius 1 is 1.53 bits per heavy atom. The highest BCUT2D eigenvalue weighted by atomic mass is 16.5. The maximum Gasteiger partial charge on any atom is 0.260 e. The van der Waals surface area contributed by atoms with Crippen molar-refractivity contribution < 1.29 is 14.6 Å². The van der Waals surface area contributed by atoms with E-state index in [1.165, 1.54) is 0 Å². The highest BCUT2D eigenvalue weighted by Crippen LogP contribution is 2.21. The summed E-state index contributed by atoms with van der Waals surface area (Å²) in [7, 11) is 0. The van der Waals surface area contributed by atoms with Gasteiger partial charge in [-0.2, -0.15) is 0 Å². The molecule has 5 nitrogen and oxygen atoms in total. The summed E-state index contributed by atoms with van der Waals surface area (Å²) >= 11 is 0. The van der Waals surface area contributed by atoms with Crippen molar-refractivity contribution in [3.8, 4) is 5.75 Å². The van der Waals surface area contributed by atoms with Crippen LogP contribution >= 0.6 is 0 Å². The number of nitrogens with two attached hydrogens (primary N) is 1. The lowest BCUT2D eigenvalue weighted by atomic mass is 10.1. The zero-order chi connectivity index (χ0) is 13.9. The molecule has 1 saturated heterocycles. The molecule has 1 aromatic carbocycles. The van der Waals surface area contributed by atoms with E-state index in [-0.39, 0.29) is 12.5 Å². The lowest BCUT2D eigenvalue weighted by molar-refractivity contribution is -0.133. The second-order valence-electron chi connectivity index (χ2n) is 5.16. The van der Waals surface area contributed by atoms with Gasteiger partial charge in [-0.3, -0.25) is 4.79 Å². The second-order valence-corrected chi connectivity index (χ2v) is 5.16. The standard InChI is InChI=1S/C14H20N2O3/c1-14(18)6-7-16(10-14)13(17)9-19-12-5-3-2-4-11(12)8-15/h2-5,18H,6-10,15H2,1H3. The fourth-order valence-electron chi connectivity index (χ4n) is 2.20. The van der Waals surface area contributed by atoms with Crippen LogP contribution in [0.1, 0.15) is 18.9 Å². The van der Waals surface area contributed by atoms with Crippen molar-refractivity contribution >= 4 is 5.91 Å². The summed E-state index contributed by atoms with van der Waals surface area (Å²) in [6.07, 6.45) is 0.609. The molecule has 1 fully saturated rings. The number of hydrogen-bond acceptors (Lipinski definition) is 4. The number of aliphatic hydroxyl groups is 1. The Kier molecular flexibility index (Phi) is 4.07. The molecule has 1 aliphatic heterocycles. The van der Waals surface area contributed by atoms with Crippen molar-refractivity contribution in [1.29, 1.82) is 0 Å². The van der Waals surface area contributed by atoms with Gasteiger partial charge < -0.3 is 20.5 Å². The predicted octanol–water partition coefficient (Wildman–Crippen LogP) is 0.507. The smallest absolute Gasteiger partial charge is 0.260 e. The number of para-hydroxylation sites is 1. The zero-order valence-corrected chi connectivity index (χ0v) is 11.1. The van der Waals surface area contributed by atoms with Crippen LogP contribution in [0.4, 0.5) is 0 Å². The summed E-state index contributed by atoms with van der Waals surface area (Å²) < 4.78 is 5.52. The van der Waals surface area contributed by atoms with Crippen molar-refractivity contribution in [3.05, 3.63) is 29.8 Å². The summed E-state index contributed by atoms with van der Waals surface area (Å²) in [6.45, 7) is 3.04. The Morgan fingerprint density at radius 3 is 2.89 bits per heavy atom. The number of nitrogens with zero attached hydrogens (tertiary/aromatic N) is 1. The van der Waals surface area contributed by atoms with Crippen molar-refractivity contribution in [2.75, 3.05) is 19.7 Å². The van der Waals surface area contributed by atoms with Crippen molar-refractivity contribution in [2.45, 2.75) is 25.5 Å². The molecular formula is C14H20N2O3. The zero-order valence-electron chi connectivity index (χ0n) is 11.1. The van der Waals surface area contributed by atoms with Crippen LogP contribution in [0.15, 0.2) is 24.3 Å². The lowest BCUT2D eigenvalue weighted by Crippen LogP contribution is -2.36. The van der Waals surface area contributed by atoms with Crippen LogP contribution in [0, 0.1) is 0 Å². The summed E-state index contributed by atoms with van der Waals surface area (Å²) in [6, 6.07) is 7.41. The maximum atomic E-state index is 12.0. The van der Waals surface area contributed by atoms with Crippen LogP contribution < -0.4 is 10.5 Å². The van der Waals surface area contributed by atoms with E-state index in [9.17, 15) is 9.90 Å². The van der Waals surface area contributed by atoms with Crippen LogP contribution in [0.25, 0.3) is 0 Å². The number of carbonyl (C=O) groups excluding carboxylic acids is 1. The monoisotopic (exact) mass is 264 g/mol. The largest absolute Gasteiger partial charge is 0.483 e. The minimum Gasteiger partial charge on any atom is -0.483 e. The van der Waals surface area contributed by atoms with Gasteiger partial charge in [0.15, 0.2) is 6.61 Å². The van der Waals surface area contributed by atoms with E-state index in [4.69, 9.17) is 10.5 Å². The molecule has 5 heteroatoms. The molecule has 0 bridgehead atoms. The van der Waals surface area contributed by atoms with E-state index in [2.05, 4.69) is 0 Å². The SMILES string of the molecule is CC1(O)CCN(C(=O)COc2ccccc2CN)C1. The highest BCUT2D eigenvalue weighted by Gasteiger charge is 2.33. The Morgan fingerprint density at radius 2 is 2.26 bits per heavy atom.